The minimum absolute atomic E-state index is 0.471. The Bertz CT molecular complexity index is 580. The fourth-order valence-corrected chi connectivity index (χ4v) is 2.39. The summed E-state index contributed by atoms with van der Waals surface area (Å²) in [5.74, 6) is 0.808. The SMILES string of the molecule is COc1ccc(C)cc1Cn1cnnc1S(C)=O. The predicted molar refractivity (Wildman–Crippen MR) is 69.2 cm³/mol. The molecule has 0 amide bonds. The van der Waals surface area contributed by atoms with Crippen LogP contribution in [0.3, 0.4) is 0 Å². The van der Waals surface area contributed by atoms with Gasteiger partial charge in [-0.15, -0.1) is 10.2 Å². The van der Waals surface area contributed by atoms with Crippen LogP contribution in [0.25, 0.3) is 0 Å². The van der Waals surface area contributed by atoms with Crippen LogP contribution in [0.2, 0.25) is 0 Å². The molecule has 0 radical (unpaired) electrons. The maximum atomic E-state index is 11.5. The van der Waals surface area contributed by atoms with E-state index in [4.69, 9.17) is 4.74 Å². The highest BCUT2D eigenvalue weighted by atomic mass is 32.2. The van der Waals surface area contributed by atoms with Crippen LogP contribution >= 0.6 is 0 Å². The zero-order valence-electron chi connectivity index (χ0n) is 10.6. The van der Waals surface area contributed by atoms with E-state index in [1.165, 1.54) is 0 Å². The molecular formula is C12H15N3O2S. The monoisotopic (exact) mass is 265 g/mol. The van der Waals surface area contributed by atoms with Gasteiger partial charge in [0.2, 0.25) is 5.16 Å². The van der Waals surface area contributed by atoms with Crippen molar-refractivity contribution in [3.8, 4) is 5.75 Å². The third-order valence-electron chi connectivity index (χ3n) is 2.61. The Balaban J connectivity index is 2.36. The Morgan fingerprint density at radius 2 is 2.22 bits per heavy atom. The van der Waals surface area contributed by atoms with Crippen LogP contribution in [0.4, 0.5) is 0 Å². The number of rotatable bonds is 4. The first-order valence-corrected chi connectivity index (χ1v) is 7.02. The van der Waals surface area contributed by atoms with Crippen LogP contribution in [0, 0.1) is 6.92 Å². The Hall–Kier alpha value is -1.69. The predicted octanol–water partition coefficient (Wildman–Crippen LogP) is 1.38. The maximum Gasteiger partial charge on any atom is 0.221 e. The average molecular weight is 265 g/mol. The van der Waals surface area contributed by atoms with Gasteiger partial charge in [-0.25, -0.2) is 0 Å². The quantitative estimate of drug-likeness (QED) is 0.838. The summed E-state index contributed by atoms with van der Waals surface area (Å²) < 4.78 is 18.6. The van der Waals surface area contributed by atoms with Crippen molar-refractivity contribution in [2.75, 3.05) is 13.4 Å². The van der Waals surface area contributed by atoms with Gasteiger partial charge in [-0.3, -0.25) is 4.21 Å². The lowest BCUT2D eigenvalue weighted by molar-refractivity contribution is 0.407. The molecule has 2 aromatic rings. The first kappa shape index (κ1) is 12.8. The van der Waals surface area contributed by atoms with E-state index in [9.17, 15) is 4.21 Å². The van der Waals surface area contributed by atoms with Crippen LogP contribution in [0.1, 0.15) is 11.1 Å². The topological polar surface area (TPSA) is 57.0 Å². The van der Waals surface area contributed by atoms with Gasteiger partial charge < -0.3 is 9.30 Å². The molecule has 0 saturated heterocycles. The first-order valence-electron chi connectivity index (χ1n) is 5.46. The van der Waals surface area contributed by atoms with Gasteiger partial charge in [-0.2, -0.15) is 0 Å². The third kappa shape index (κ3) is 2.59. The summed E-state index contributed by atoms with van der Waals surface area (Å²) in [6.07, 6.45) is 3.17. The van der Waals surface area contributed by atoms with Crippen molar-refractivity contribution < 1.29 is 8.95 Å². The van der Waals surface area contributed by atoms with E-state index in [-0.39, 0.29) is 0 Å². The summed E-state index contributed by atoms with van der Waals surface area (Å²) in [7, 11) is 0.490. The fraction of sp³-hybridized carbons (Fsp3) is 0.333. The average Bonchev–Trinajstić information content (AvgIpc) is 2.77. The largest absolute Gasteiger partial charge is 0.496 e. The van der Waals surface area contributed by atoms with Crippen LogP contribution in [0.15, 0.2) is 29.7 Å². The normalized spacial score (nSPS) is 12.4. The van der Waals surface area contributed by atoms with E-state index in [0.29, 0.717) is 11.7 Å². The Kier molecular flexibility index (Phi) is 3.76. The van der Waals surface area contributed by atoms with Crippen molar-refractivity contribution in [1.29, 1.82) is 0 Å². The summed E-state index contributed by atoms with van der Waals surface area (Å²) in [4.78, 5) is 0. The number of benzene rings is 1. The highest BCUT2D eigenvalue weighted by molar-refractivity contribution is 7.84. The number of hydrogen-bond donors (Lipinski definition) is 0. The smallest absolute Gasteiger partial charge is 0.221 e. The van der Waals surface area contributed by atoms with Gasteiger partial charge in [-0.1, -0.05) is 17.7 Å². The molecule has 1 aromatic carbocycles. The minimum atomic E-state index is -1.15. The second-order valence-electron chi connectivity index (χ2n) is 4.01. The Morgan fingerprint density at radius 1 is 1.44 bits per heavy atom. The summed E-state index contributed by atoms with van der Waals surface area (Å²) in [6, 6.07) is 5.96. The highest BCUT2D eigenvalue weighted by Gasteiger charge is 2.11. The fourth-order valence-electron chi connectivity index (χ4n) is 1.79. The van der Waals surface area contributed by atoms with Crippen LogP contribution in [0.5, 0.6) is 5.75 Å². The summed E-state index contributed by atoms with van der Waals surface area (Å²) >= 11 is 0. The molecule has 0 spiro atoms. The number of nitrogens with zero attached hydrogens (tertiary/aromatic N) is 3. The van der Waals surface area contributed by atoms with E-state index in [1.807, 2.05) is 25.1 Å². The molecule has 0 bridgehead atoms. The molecule has 6 heteroatoms. The molecule has 0 aliphatic heterocycles. The van der Waals surface area contributed by atoms with Gasteiger partial charge >= 0.3 is 0 Å². The lowest BCUT2D eigenvalue weighted by Gasteiger charge is -2.10. The molecule has 18 heavy (non-hydrogen) atoms. The summed E-state index contributed by atoms with van der Waals surface area (Å²) in [5, 5.41) is 8.13. The van der Waals surface area contributed by atoms with E-state index < -0.39 is 10.8 Å². The van der Waals surface area contributed by atoms with Crippen molar-refractivity contribution in [3.63, 3.8) is 0 Å². The van der Waals surface area contributed by atoms with Gasteiger partial charge in [0.15, 0.2) is 0 Å². The summed E-state index contributed by atoms with van der Waals surface area (Å²) in [6.45, 7) is 2.57. The molecular weight excluding hydrogens is 250 g/mol. The first-order chi connectivity index (χ1) is 8.61. The maximum absolute atomic E-state index is 11.5. The van der Waals surface area contributed by atoms with Crippen LogP contribution < -0.4 is 4.74 Å². The van der Waals surface area contributed by atoms with Crippen molar-refractivity contribution in [1.82, 2.24) is 14.8 Å². The lowest BCUT2D eigenvalue weighted by Crippen LogP contribution is -2.06. The zero-order valence-corrected chi connectivity index (χ0v) is 11.4. The van der Waals surface area contributed by atoms with Gasteiger partial charge in [0.25, 0.3) is 0 Å². The number of aryl methyl sites for hydroxylation is 1. The third-order valence-corrected chi connectivity index (χ3v) is 3.44. The number of aromatic nitrogens is 3. The molecule has 0 aliphatic rings. The second kappa shape index (κ2) is 5.30. The van der Waals surface area contributed by atoms with Crippen molar-refractivity contribution in [2.45, 2.75) is 18.6 Å². The van der Waals surface area contributed by atoms with E-state index >= 15 is 0 Å². The van der Waals surface area contributed by atoms with Gasteiger partial charge in [0.05, 0.1) is 24.5 Å². The van der Waals surface area contributed by atoms with Crippen molar-refractivity contribution >= 4 is 10.8 Å². The molecule has 0 N–H and O–H groups in total. The molecule has 1 heterocycles. The van der Waals surface area contributed by atoms with Crippen LogP contribution in [-0.4, -0.2) is 32.3 Å². The van der Waals surface area contributed by atoms with E-state index in [2.05, 4.69) is 10.2 Å². The molecule has 2 rings (SSSR count). The Morgan fingerprint density at radius 3 is 2.89 bits per heavy atom. The molecule has 1 atom stereocenters. The molecule has 0 saturated carbocycles. The van der Waals surface area contributed by atoms with E-state index in [0.717, 1.165) is 16.9 Å². The molecule has 5 nitrogen and oxygen atoms in total. The van der Waals surface area contributed by atoms with Crippen LogP contribution in [-0.2, 0) is 17.3 Å². The highest BCUT2D eigenvalue weighted by Crippen LogP contribution is 2.21. The van der Waals surface area contributed by atoms with Crippen molar-refractivity contribution in [3.05, 3.63) is 35.7 Å². The zero-order chi connectivity index (χ0) is 13.1. The molecule has 1 aromatic heterocycles. The number of methoxy groups -OCH3 is 1. The van der Waals surface area contributed by atoms with Gasteiger partial charge in [0, 0.05) is 11.8 Å². The molecule has 96 valence electrons. The number of ether oxygens (including phenoxy) is 1. The van der Waals surface area contributed by atoms with Gasteiger partial charge in [-0.05, 0) is 13.0 Å². The standard InChI is InChI=1S/C12H15N3O2S/c1-9-4-5-11(17-2)10(6-9)7-15-8-13-14-12(15)18(3)16/h4-6,8H,7H2,1-3H3. The summed E-state index contributed by atoms with van der Waals surface area (Å²) in [5.41, 5.74) is 2.17. The Labute approximate surface area is 108 Å². The molecule has 1 unspecified atom stereocenters. The van der Waals surface area contributed by atoms with Crippen molar-refractivity contribution in [2.24, 2.45) is 0 Å². The molecule has 0 fully saturated rings. The van der Waals surface area contributed by atoms with Gasteiger partial charge in [0.1, 0.15) is 12.1 Å². The lowest BCUT2D eigenvalue weighted by atomic mass is 10.1. The number of hydrogen-bond acceptors (Lipinski definition) is 4. The molecule has 0 aliphatic carbocycles. The second-order valence-corrected chi connectivity index (χ2v) is 5.28. The minimum Gasteiger partial charge on any atom is -0.496 e. The van der Waals surface area contributed by atoms with E-state index in [1.54, 1.807) is 24.3 Å².